The topological polar surface area (TPSA) is 135 Å². The van der Waals surface area contributed by atoms with Gasteiger partial charge in [0, 0.05) is 35.7 Å². The first kappa shape index (κ1) is 40.3. The summed E-state index contributed by atoms with van der Waals surface area (Å²) in [5, 5.41) is 0. The van der Waals surface area contributed by atoms with Gasteiger partial charge in [-0.25, -0.2) is 12.4 Å². The molecule has 0 spiro atoms. The van der Waals surface area contributed by atoms with Crippen LogP contribution in [0.25, 0.3) is 12.2 Å². The first-order valence-electron chi connectivity index (χ1n) is 15.0. The maximum absolute atomic E-state index is 13.3. The highest BCUT2D eigenvalue weighted by molar-refractivity contribution is 7.89. The largest absolute Gasteiger partial charge is 0.496 e. The minimum atomic E-state index is -3.57. The fraction of sp³-hybridized carbons (Fsp3) is 0.500. The van der Waals surface area contributed by atoms with E-state index in [1.165, 1.54) is 6.20 Å². The number of hydrogen-bond donors (Lipinski definition) is 1. The predicted octanol–water partition coefficient (Wildman–Crippen LogP) is 6.64. The minimum Gasteiger partial charge on any atom is -0.496 e. The van der Waals surface area contributed by atoms with Crippen molar-refractivity contribution in [2.75, 3.05) is 20.5 Å². The lowest BCUT2D eigenvalue weighted by molar-refractivity contribution is -0.108. The Morgan fingerprint density at radius 3 is 2.05 bits per heavy atom. The normalized spacial score (nSPS) is 12.1. The van der Waals surface area contributed by atoms with Crippen LogP contribution in [0.4, 0.5) is 0 Å². The smallest absolute Gasteiger partial charge is 0.236 e. The molecule has 0 bridgehead atoms. The maximum Gasteiger partial charge on any atom is 0.236 e. The standard InChI is InChI=1S/C27H33NO6S.C4H10.C2H6.CH3NO/c1-19-26(33-2)16-21(17-27(19)34-3)10-8-9-20(13-14-29)15-25(30)23-18-28(35(4,31)32)24-12-7-5-6-11-22(23)24;1-4(2)3;1-2;2-1-3/h6-7,11-12,14,16-18,20H,5,8-10,13,15H2,1-4H3;4H,1-3H3;1-2H3;1H,(H2,2,3). The molecule has 44 heavy (non-hydrogen) atoms. The van der Waals surface area contributed by atoms with E-state index < -0.39 is 10.0 Å². The van der Waals surface area contributed by atoms with E-state index in [1.807, 2.05) is 45.1 Å². The van der Waals surface area contributed by atoms with Crippen LogP contribution in [0, 0.1) is 18.8 Å². The Kier molecular flexibility index (Phi) is 19.4. The van der Waals surface area contributed by atoms with Crippen LogP contribution < -0.4 is 15.2 Å². The van der Waals surface area contributed by atoms with Gasteiger partial charge in [-0.2, -0.15) is 0 Å². The number of allylic oxidation sites excluding steroid dienone is 2. The van der Waals surface area contributed by atoms with Gasteiger partial charge in [0.2, 0.25) is 16.4 Å². The van der Waals surface area contributed by atoms with Crippen molar-refractivity contribution in [1.29, 1.82) is 0 Å². The quantitative estimate of drug-likeness (QED) is 0.205. The number of ether oxygens (including phenoxy) is 2. The number of carbonyl (C=O) groups excluding carboxylic acids is 3. The van der Waals surface area contributed by atoms with Crippen molar-refractivity contribution >= 4 is 40.7 Å². The second-order valence-electron chi connectivity index (χ2n) is 10.7. The molecule has 1 aromatic heterocycles. The molecule has 2 aromatic rings. The van der Waals surface area contributed by atoms with E-state index in [4.69, 9.17) is 14.3 Å². The summed E-state index contributed by atoms with van der Waals surface area (Å²) in [5.74, 6) is 2.07. The van der Waals surface area contributed by atoms with E-state index in [9.17, 15) is 18.0 Å². The van der Waals surface area contributed by atoms with E-state index in [2.05, 4.69) is 26.5 Å². The second-order valence-corrected chi connectivity index (χ2v) is 12.6. The number of aldehydes is 1. The van der Waals surface area contributed by atoms with E-state index in [-0.39, 0.29) is 31.0 Å². The van der Waals surface area contributed by atoms with Gasteiger partial charge in [-0.05, 0) is 68.2 Å². The number of rotatable bonds is 12. The molecule has 1 unspecified atom stereocenters. The van der Waals surface area contributed by atoms with Crippen molar-refractivity contribution < 1.29 is 32.3 Å². The highest BCUT2D eigenvalue weighted by Crippen LogP contribution is 2.31. The fourth-order valence-corrected chi connectivity index (χ4v) is 5.30. The number of hydrogen-bond acceptors (Lipinski definition) is 7. The molecule has 0 saturated heterocycles. The SMILES string of the molecule is CC.CC(C)C.COc1cc(CCCC(CC=O)CC(=O)c2cn(S(C)(=O)=O)c3c2C=CCC=C3)cc(OC)c1C.NC=O. The van der Waals surface area contributed by atoms with Crippen LogP contribution >= 0.6 is 0 Å². The van der Waals surface area contributed by atoms with Crippen molar-refractivity contribution in [1.82, 2.24) is 3.97 Å². The lowest BCUT2D eigenvalue weighted by Crippen LogP contribution is -2.12. The molecule has 1 aliphatic rings. The molecule has 3 rings (SSSR count). The number of benzene rings is 1. The summed E-state index contributed by atoms with van der Waals surface area (Å²) in [7, 11) is -0.319. The lowest BCUT2D eigenvalue weighted by Gasteiger charge is -2.15. The Morgan fingerprint density at radius 1 is 1.05 bits per heavy atom. The minimum absolute atomic E-state index is 0.128. The molecule has 0 saturated carbocycles. The zero-order valence-corrected chi connectivity index (χ0v) is 28.7. The molecule has 10 heteroatoms. The maximum atomic E-state index is 13.3. The summed E-state index contributed by atoms with van der Waals surface area (Å²) < 4.78 is 36.7. The summed E-state index contributed by atoms with van der Waals surface area (Å²) in [6.45, 7) is 12.4. The van der Waals surface area contributed by atoms with Crippen LogP contribution in [0.2, 0.25) is 0 Å². The van der Waals surface area contributed by atoms with Crippen molar-refractivity contribution in [2.24, 2.45) is 17.6 Å². The Balaban J connectivity index is 0.00000183. The summed E-state index contributed by atoms with van der Waals surface area (Å²) in [6.07, 6.45) is 14.3. The zero-order valence-electron chi connectivity index (χ0n) is 27.9. The van der Waals surface area contributed by atoms with Gasteiger partial charge in [-0.15, -0.1) is 0 Å². The van der Waals surface area contributed by atoms with Crippen molar-refractivity contribution in [3.8, 4) is 11.5 Å². The van der Waals surface area contributed by atoms with Gasteiger partial charge in [-0.1, -0.05) is 52.8 Å². The van der Waals surface area contributed by atoms with Crippen LogP contribution in [-0.4, -0.2) is 51.3 Å². The highest BCUT2D eigenvalue weighted by atomic mass is 32.2. The molecule has 1 atom stereocenters. The number of nitrogens with zero attached hydrogens (tertiary/aromatic N) is 1. The van der Waals surface area contributed by atoms with Gasteiger partial charge in [0.05, 0.1) is 26.2 Å². The third kappa shape index (κ3) is 13.3. The molecule has 9 nitrogen and oxygen atoms in total. The number of fused-ring (bicyclic) bond motifs is 1. The number of aromatic nitrogens is 1. The summed E-state index contributed by atoms with van der Waals surface area (Å²) in [6, 6.07) is 3.97. The lowest BCUT2D eigenvalue weighted by atomic mass is 9.90. The number of methoxy groups -OCH3 is 2. The molecule has 1 aliphatic carbocycles. The van der Waals surface area contributed by atoms with Gasteiger partial charge in [0.15, 0.2) is 5.78 Å². The Hall–Kier alpha value is -3.66. The summed E-state index contributed by atoms with van der Waals surface area (Å²) in [4.78, 5) is 33.2. The molecule has 0 radical (unpaired) electrons. The number of nitrogens with two attached hydrogens (primary N) is 1. The van der Waals surface area contributed by atoms with E-state index in [0.717, 1.165) is 57.9 Å². The highest BCUT2D eigenvalue weighted by Gasteiger charge is 2.24. The Morgan fingerprint density at radius 2 is 1.57 bits per heavy atom. The first-order valence-corrected chi connectivity index (χ1v) is 16.8. The average Bonchev–Trinajstić information content (AvgIpc) is 3.17. The summed E-state index contributed by atoms with van der Waals surface area (Å²) >= 11 is 0. The van der Waals surface area contributed by atoms with E-state index in [1.54, 1.807) is 26.4 Å². The second kappa shape index (κ2) is 21.1. The van der Waals surface area contributed by atoms with Crippen LogP contribution in [0.5, 0.6) is 11.5 Å². The number of amides is 1. The third-order valence-corrected chi connectivity index (χ3v) is 7.35. The molecule has 1 heterocycles. The zero-order chi connectivity index (χ0) is 33.9. The fourth-order valence-electron chi connectivity index (χ4n) is 4.48. The number of primary amides is 1. The van der Waals surface area contributed by atoms with Gasteiger partial charge in [0.1, 0.15) is 17.8 Å². The molecule has 0 aliphatic heterocycles. The van der Waals surface area contributed by atoms with E-state index in [0.29, 0.717) is 29.7 Å². The van der Waals surface area contributed by atoms with Gasteiger partial charge >= 0.3 is 0 Å². The molecular weight excluding hydrogens is 580 g/mol. The molecule has 0 fully saturated rings. The molecule has 1 aromatic carbocycles. The third-order valence-electron chi connectivity index (χ3n) is 6.33. The molecule has 246 valence electrons. The van der Waals surface area contributed by atoms with Crippen molar-refractivity contribution in [2.45, 2.75) is 80.1 Å². The monoisotopic (exact) mass is 632 g/mol. The average molecular weight is 633 g/mol. The number of ketones is 1. The van der Waals surface area contributed by atoms with Crippen molar-refractivity contribution in [3.63, 3.8) is 0 Å². The Bertz CT molecular complexity index is 1330. The number of carbonyl (C=O) groups is 3. The number of Topliss-reactive ketones (excluding diaryl/α,β-unsaturated/α-hetero) is 1. The Labute approximate surface area is 264 Å². The van der Waals surface area contributed by atoms with E-state index >= 15 is 0 Å². The van der Waals surface area contributed by atoms with Gasteiger partial charge in [-0.3, -0.25) is 9.59 Å². The first-order chi connectivity index (χ1) is 20.8. The van der Waals surface area contributed by atoms with Crippen LogP contribution in [0.3, 0.4) is 0 Å². The molecule has 1 amide bonds. The van der Waals surface area contributed by atoms with Gasteiger partial charge in [0.25, 0.3) is 0 Å². The predicted molar refractivity (Wildman–Crippen MR) is 180 cm³/mol. The van der Waals surface area contributed by atoms with Crippen LogP contribution in [0.1, 0.15) is 99.5 Å². The van der Waals surface area contributed by atoms with Crippen molar-refractivity contribution in [3.05, 3.63) is 58.4 Å². The summed E-state index contributed by atoms with van der Waals surface area (Å²) in [5.41, 5.74) is 7.63. The molecular formula is C34H52N2O7S. The van der Waals surface area contributed by atoms with Crippen LogP contribution in [0.15, 0.2) is 30.5 Å². The van der Waals surface area contributed by atoms with Crippen LogP contribution in [-0.2, 0) is 26.0 Å². The molecule has 2 N–H and O–H groups in total. The van der Waals surface area contributed by atoms with Gasteiger partial charge < -0.3 is 20.0 Å². The number of aryl methyl sites for hydroxylation is 1.